The number of carbonyl (C=O) groups is 1. The van der Waals surface area contributed by atoms with E-state index in [2.05, 4.69) is 38.7 Å². The SMILES string of the molecule is Cc1cc2c(cc1Br)cc1n2C(CO)CN(C(=O)OC(C)(C)C)C1. The van der Waals surface area contributed by atoms with Crippen LogP contribution in [0.5, 0.6) is 0 Å². The molecule has 130 valence electrons. The summed E-state index contributed by atoms with van der Waals surface area (Å²) in [6.45, 7) is 8.52. The highest BCUT2D eigenvalue weighted by molar-refractivity contribution is 9.10. The first kappa shape index (κ1) is 17.3. The lowest BCUT2D eigenvalue weighted by molar-refractivity contribution is 0.0143. The van der Waals surface area contributed by atoms with Crippen LogP contribution in [-0.4, -0.2) is 39.4 Å². The molecule has 0 spiro atoms. The maximum Gasteiger partial charge on any atom is 0.410 e. The van der Waals surface area contributed by atoms with Crippen molar-refractivity contribution in [1.29, 1.82) is 0 Å². The number of benzene rings is 1. The molecule has 0 fully saturated rings. The van der Waals surface area contributed by atoms with Crippen LogP contribution < -0.4 is 0 Å². The Morgan fingerprint density at radius 2 is 2.08 bits per heavy atom. The van der Waals surface area contributed by atoms with Gasteiger partial charge in [-0.1, -0.05) is 15.9 Å². The van der Waals surface area contributed by atoms with E-state index in [0.29, 0.717) is 13.1 Å². The average molecular weight is 395 g/mol. The molecular weight excluding hydrogens is 372 g/mol. The predicted molar refractivity (Wildman–Crippen MR) is 97.1 cm³/mol. The molecule has 1 unspecified atom stereocenters. The largest absolute Gasteiger partial charge is 0.444 e. The van der Waals surface area contributed by atoms with Gasteiger partial charge in [-0.05, 0) is 51.5 Å². The molecule has 0 bridgehead atoms. The van der Waals surface area contributed by atoms with Crippen LogP contribution in [0.1, 0.15) is 38.1 Å². The van der Waals surface area contributed by atoms with Crippen molar-refractivity contribution >= 4 is 32.9 Å². The fourth-order valence-corrected chi connectivity index (χ4v) is 3.52. The highest BCUT2D eigenvalue weighted by atomic mass is 79.9. The Kier molecular flexibility index (Phi) is 4.38. The number of ether oxygens (including phenoxy) is 1. The molecule has 1 amide bonds. The number of halogens is 1. The molecule has 0 radical (unpaired) electrons. The van der Waals surface area contributed by atoms with Gasteiger partial charge in [0.05, 0.1) is 19.2 Å². The van der Waals surface area contributed by atoms with E-state index < -0.39 is 5.60 Å². The van der Waals surface area contributed by atoms with Gasteiger partial charge in [-0.3, -0.25) is 0 Å². The van der Waals surface area contributed by atoms with E-state index in [4.69, 9.17) is 4.74 Å². The van der Waals surface area contributed by atoms with Crippen molar-refractivity contribution in [3.8, 4) is 0 Å². The number of aromatic nitrogens is 1. The van der Waals surface area contributed by atoms with E-state index in [1.165, 1.54) is 0 Å². The van der Waals surface area contributed by atoms with Crippen molar-refractivity contribution in [3.63, 3.8) is 0 Å². The molecule has 1 aromatic heterocycles. The molecular formula is C18H23BrN2O3. The second-order valence-corrected chi connectivity index (χ2v) is 8.22. The molecule has 3 rings (SSSR count). The minimum absolute atomic E-state index is 0.0226. The predicted octanol–water partition coefficient (Wildman–Crippen LogP) is 4.00. The molecule has 2 aromatic rings. The number of fused-ring (bicyclic) bond motifs is 3. The van der Waals surface area contributed by atoms with E-state index in [0.717, 1.165) is 26.6 Å². The van der Waals surface area contributed by atoms with Gasteiger partial charge in [-0.2, -0.15) is 0 Å². The molecule has 6 heteroatoms. The average Bonchev–Trinajstić information content (AvgIpc) is 2.82. The summed E-state index contributed by atoms with van der Waals surface area (Å²) in [5.74, 6) is 0. The van der Waals surface area contributed by atoms with Crippen LogP contribution in [0.3, 0.4) is 0 Å². The summed E-state index contributed by atoms with van der Waals surface area (Å²) in [6.07, 6.45) is -0.338. The number of hydrogen-bond acceptors (Lipinski definition) is 3. The van der Waals surface area contributed by atoms with Gasteiger partial charge in [0, 0.05) is 27.6 Å². The fraction of sp³-hybridized carbons (Fsp3) is 0.500. The number of hydrogen-bond donors (Lipinski definition) is 1. The number of nitrogens with zero attached hydrogens (tertiary/aromatic N) is 2. The van der Waals surface area contributed by atoms with Crippen molar-refractivity contribution in [3.05, 3.63) is 33.9 Å². The third-order valence-corrected chi connectivity index (χ3v) is 5.06. The van der Waals surface area contributed by atoms with Gasteiger partial charge in [0.15, 0.2) is 0 Å². The first-order valence-electron chi connectivity index (χ1n) is 8.08. The van der Waals surface area contributed by atoms with Crippen LogP contribution in [-0.2, 0) is 11.3 Å². The van der Waals surface area contributed by atoms with E-state index in [-0.39, 0.29) is 18.7 Å². The van der Waals surface area contributed by atoms with Gasteiger partial charge in [-0.25, -0.2) is 4.79 Å². The maximum atomic E-state index is 12.4. The molecule has 24 heavy (non-hydrogen) atoms. The number of rotatable bonds is 1. The standard InChI is InChI=1S/C18H23BrN2O3/c1-11-5-16-12(7-15(11)19)6-13-8-20(9-14(10-22)21(13)16)17(23)24-18(2,3)4/h5-7,14,22H,8-10H2,1-4H3. The zero-order valence-corrected chi connectivity index (χ0v) is 16.1. The smallest absolute Gasteiger partial charge is 0.410 e. The van der Waals surface area contributed by atoms with Crippen molar-refractivity contribution in [2.24, 2.45) is 0 Å². The van der Waals surface area contributed by atoms with Crippen molar-refractivity contribution in [2.75, 3.05) is 13.2 Å². The van der Waals surface area contributed by atoms with Gasteiger partial charge >= 0.3 is 6.09 Å². The molecule has 5 nitrogen and oxygen atoms in total. The normalized spacial score (nSPS) is 17.9. The Labute approximate surface area is 150 Å². The summed E-state index contributed by atoms with van der Waals surface area (Å²) < 4.78 is 8.69. The van der Waals surface area contributed by atoms with Crippen LogP contribution in [0.2, 0.25) is 0 Å². The van der Waals surface area contributed by atoms with Crippen LogP contribution in [0.25, 0.3) is 10.9 Å². The molecule has 0 saturated heterocycles. The maximum absolute atomic E-state index is 12.4. The number of aliphatic hydroxyl groups excluding tert-OH is 1. The molecule has 1 aliphatic heterocycles. The molecule has 1 atom stereocenters. The zero-order chi connectivity index (χ0) is 17.6. The van der Waals surface area contributed by atoms with E-state index in [1.807, 2.05) is 27.7 Å². The summed E-state index contributed by atoms with van der Waals surface area (Å²) in [7, 11) is 0. The quantitative estimate of drug-likeness (QED) is 0.794. The Morgan fingerprint density at radius 3 is 2.71 bits per heavy atom. The van der Waals surface area contributed by atoms with Crippen molar-refractivity contribution < 1.29 is 14.6 Å². The zero-order valence-electron chi connectivity index (χ0n) is 14.5. The van der Waals surface area contributed by atoms with Gasteiger partial charge in [0.2, 0.25) is 0 Å². The third-order valence-electron chi connectivity index (χ3n) is 4.21. The monoisotopic (exact) mass is 394 g/mol. The Balaban J connectivity index is 1.99. The molecule has 1 aliphatic rings. The number of carbonyl (C=O) groups excluding carboxylic acids is 1. The van der Waals surface area contributed by atoms with Gasteiger partial charge in [0.1, 0.15) is 5.60 Å². The van der Waals surface area contributed by atoms with Gasteiger partial charge in [0.25, 0.3) is 0 Å². The Bertz CT molecular complexity index is 792. The molecule has 1 N–H and O–H groups in total. The second-order valence-electron chi connectivity index (χ2n) is 7.36. The third kappa shape index (κ3) is 3.17. The highest BCUT2D eigenvalue weighted by Gasteiger charge is 2.31. The summed E-state index contributed by atoms with van der Waals surface area (Å²) in [5, 5.41) is 11.0. The van der Waals surface area contributed by atoms with E-state index in [9.17, 15) is 9.90 Å². The summed E-state index contributed by atoms with van der Waals surface area (Å²) in [5.41, 5.74) is 2.72. The lowest BCUT2D eigenvalue weighted by Gasteiger charge is -2.35. The number of aryl methyl sites for hydroxylation is 1. The van der Waals surface area contributed by atoms with Gasteiger partial charge in [-0.15, -0.1) is 0 Å². The fourth-order valence-electron chi connectivity index (χ4n) is 3.16. The lowest BCUT2D eigenvalue weighted by atomic mass is 10.2. The molecule has 1 aromatic carbocycles. The first-order chi connectivity index (χ1) is 11.2. The van der Waals surface area contributed by atoms with Crippen LogP contribution >= 0.6 is 15.9 Å². The number of amides is 1. The number of aliphatic hydroxyl groups is 1. The van der Waals surface area contributed by atoms with Crippen molar-refractivity contribution in [2.45, 2.75) is 45.9 Å². The molecule has 0 saturated carbocycles. The molecule has 2 heterocycles. The minimum Gasteiger partial charge on any atom is -0.444 e. The molecule has 0 aliphatic carbocycles. The highest BCUT2D eigenvalue weighted by Crippen LogP contribution is 2.33. The Morgan fingerprint density at radius 1 is 1.38 bits per heavy atom. The van der Waals surface area contributed by atoms with Crippen LogP contribution in [0.15, 0.2) is 22.7 Å². The van der Waals surface area contributed by atoms with Crippen molar-refractivity contribution in [1.82, 2.24) is 9.47 Å². The lowest BCUT2D eigenvalue weighted by Crippen LogP contribution is -2.44. The summed E-state index contributed by atoms with van der Waals surface area (Å²) in [4.78, 5) is 14.1. The van der Waals surface area contributed by atoms with E-state index >= 15 is 0 Å². The first-order valence-corrected chi connectivity index (χ1v) is 8.87. The van der Waals surface area contributed by atoms with Crippen LogP contribution in [0, 0.1) is 6.92 Å². The van der Waals surface area contributed by atoms with Crippen LogP contribution in [0.4, 0.5) is 4.79 Å². The topological polar surface area (TPSA) is 54.7 Å². The second kappa shape index (κ2) is 6.08. The van der Waals surface area contributed by atoms with Gasteiger partial charge < -0.3 is 19.3 Å². The summed E-state index contributed by atoms with van der Waals surface area (Å²) in [6, 6.07) is 6.12. The van der Waals surface area contributed by atoms with E-state index in [1.54, 1.807) is 4.90 Å². The minimum atomic E-state index is -0.530. The summed E-state index contributed by atoms with van der Waals surface area (Å²) >= 11 is 3.57. The Hall–Kier alpha value is -1.53.